The molecule has 2 aromatic carbocycles. The molecule has 0 unspecified atom stereocenters. The molecule has 5 rings (SSSR count). The van der Waals surface area contributed by atoms with Gasteiger partial charge in [-0.1, -0.05) is 39.0 Å². The van der Waals surface area contributed by atoms with Gasteiger partial charge in [0.2, 0.25) is 5.91 Å². The maximum Gasteiger partial charge on any atom is 0.335 e. The zero-order valence-electron chi connectivity index (χ0n) is 22.7. The van der Waals surface area contributed by atoms with Crippen molar-refractivity contribution < 1.29 is 23.8 Å². The fourth-order valence-corrected chi connectivity index (χ4v) is 7.06. The second-order valence-corrected chi connectivity index (χ2v) is 11.9. The molecule has 2 heterocycles. The van der Waals surface area contributed by atoms with Crippen LogP contribution >= 0.6 is 0 Å². The molecular weight excluding hydrogens is 483 g/mol. The number of likely N-dealkylation sites (tertiary alicyclic amines) is 1. The number of aromatic carboxylic acids is 1. The molecule has 0 radical (unpaired) electrons. The number of amides is 1. The standard InChI is InChI=1S/C31H39FN2O4/c1-20(2)31(30(37)34-18-25-13-22(16-32)7-8-28(25)38-19-34)11-9-26(15-31)33-12-10-27(21(3)17-33)23-5-4-6-24(14-23)29(35)36/h4-8,13-14,20-21,26-27H,9-12,15-19H2,1-3H3,(H,35,36)/t21-,26-,27-,31+/m1/s1. The van der Waals surface area contributed by atoms with Crippen LogP contribution in [0.15, 0.2) is 42.5 Å². The largest absolute Gasteiger partial charge is 0.478 e. The molecule has 7 heteroatoms. The van der Waals surface area contributed by atoms with Crippen LogP contribution in [-0.2, 0) is 18.0 Å². The lowest BCUT2D eigenvalue weighted by Crippen LogP contribution is -2.49. The van der Waals surface area contributed by atoms with E-state index < -0.39 is 18.1 Å². The number of hydrogen-bond donors (Lipinski definition) is 1. The van der Waals surface area contributed by atoms with E-state index in [1.165, 1.54) is 0 Å². The van der Waals surface area contributed by atoms with Gasteiger partial charge in [0.25, 0.3) is 0 Å². The summed E-state index contributed by atoms with van der Waals surface area (Å²) in [4.78, 5) is 29.9. The van der Waals surface area contributed by atoms with Crippen molar-refractivity contribution in [3.63, 3.8) is 0 Å². The van der Waals surface area contributed by atoms with Crippen LogP contribution in [0.25, 0.3) is 0 Å². The highest BCUT2D eigenvalue weighted by molar-refractivity contribution is 5.87. The lowest BCUT2D eigenvalue weighted by Gasteiger charge is -2.42. The van der Waals surface area contributed by atoms with Crippen LogP contribution in [0.4, 0.5) is 4.39 Å². The number of piperidine rings is 1. The van der Waals surface area contributed by atoms with Gasteiger partial charge in [0.1, 0.15) is 12.4 Å². The van der Waals surface area contributed by atoms with Crippen LogP contribution in [0.5, 0.6) is 5.75 Å². The Kier molecular flexibility index (Phi) is 7.49. The first-order chi connectivity index (χ1) is 18.2. The molecule has 204 valence electrons. The Morgan fingerprint density at radius 1 is 1.18 bits per heavy atom. The normalized spacial score (nSPS) is 27.7. The number of carbonyl (C=O) groups excluding carboxylic acids is 1. The molecule has 0 spiro atoms. The summed E-state index contributed by atoms with van der Waals surface area (Å²) in [6.07, 6.45) is 3.67. The first-order valence-electron chi connectivity index (χ1n) is 13.9. The summed E-state index contributed by atoms with van der Waals surface area (Å²) in [6.45, 7) is 8.63. The molecule has 2 fully saturated rings. The maximum absolute atomic E-state index is 14.1. The van der Waals surface area contributed by atoms with Gasteiger partial charge in [-0.15, -0.1) is 0 Å². The van der Waals surface area contributed by atoms with Gasteiger partial charge in [0, 0.05) is 18.2 Å². The molecule has 1 aliphatic carbocycles. The first-order valence-corrected chi connectivity index (χ1v) is 13.9. The maximum atomic E-state index is 14.1. The Bertz CT molecular complexity index is 1200. The first kappa shape index (κ1) is 26.7. The van der Waals surface area contributed by atoms with Gasteiger partial charge in [-0.2, -0.15) is 0 Å². The average molecular weight is 523 g/mol. The molecule has 4 atom stereocenters. The van der Waals surface area contributed by atoms with E-state index in [0.717, 1.165) is 55.6 Å². The van der Waals surface area contributed by atoms with Crippen LogP contribution < -0.4 is 4.74 Å². The van der Waals surface area contributed by atoms with E-state index in [2.05, 4.69) is 31.7 Å². The summed E-state index contributed by atoms with van der Waals surface area (Å²) in [6, 6.07) is 13.1. The van der Waals surface area contributed by atoms with Crippen LogP contribution in [0.1, 0.15) is 79.4 Å². The monoisotopic (exact) mass is 522 g/mol. The molecule has 3 aliphatic rings. The van der Waals surface area contributed by atoms with E-state index in [1.807, 2.05) is 23.1 Å². The second kappa shape index (κ2) is 10.7. The minimum atomic E-state index is -0.886. The van der Waals surface area contributed by atoms with Crippen molar-refractivity contribution >= 4 is 11.9 Å². The number of carboxylic acids is 1. The van der Waals surface area contributed by atoms with Gasteiger partial charge in [0.05, 0.1) is 17.5 Å². The fraction of sp³-hybridized carbons (Fsp3) is 0.548. The smallest absolute Gasteiger partial charge is 0.335 e. The molecule has 38 heavy (non-hydrogen) atoms. The van der Waals surface area contributed by atoms with Crippen molar-refractivity contribution in [1.82, 2.24) is 9.80 Å². The number of hydrogen-bond acceptors (Lipinski definition) is 4. The molecule has 1 amide bonds. The van der Waals surface area contributed by atoms with Gasteiger partial charge < -0.3 is 19.6 Å². The zero-order valence-corrected chi connectivity index (χ0v) is 22.7. The van der Waals surface area contributed by atoms with Crippen molar-refractivity contribution in [2.45, 2.75) is 71.6 Å². The third kappa shape index (κ3) is 4.93. The van der Waals surface area contributed by atoms with Crippen LogP contribution in [0.3, 0.4) is 0 Å². The lowest BCUT2D eigenvalue weighted by atomic mass is 9.74. The van der Waals surface area contributed by atoms with Crippen LogP contribution in [0, 0.1) is 17.3 Å². The van der Waals surface area contributed by atoms with Crippen molar-refractivity contribution in [2.75, 3.05) is 19.8 Å². The summed E-state index contributed by atoms with van der Waals surface area (Å²) in [5, 5.41) is 9.40. The number of alkyl halides is 1. The van der Waals surface area contributed by atoms with Gasteiger partial charge in [-0.25, -0.2) is 9.18 Å². The molecule has 1 saturated heterocycles. The number of halogens is 1. The molecule has 6 nitrogen and oxygen atoms in total. The van der Waals surface area contributed by atoms with Gasteiger partial charge >= 0.3 is 5.97 Å². The molecule has 0 aromatic heterocycles. The second-order valence-electron chi connectivity index (χ2n) is 11.9. The molecule has 0 bridgehead atoms. The van der Waals surface area contributed by atoms with Crippen molar-refractivity contribution in [3.8, 4) is 5.75 Å². The number of benzene rings is 2. The Labute approximate surface area is 224 Å². The predicted octanol–water partition coefficient (Wildman–Crippen LogP) is 5.85. The van der Waals surface area contributed by atoms with E-state index in [1.54, 1.807) is 18.2 Å². The third-order valence-electron chi connectivity index (χ3n) is 9.37. The summed E-state index contributed by atoms with van der Waals surface area (Å²) in [5.74, 6) is 0.937. The van der Waals surface area contributed by atoms with E-state index in [4.69, 9.17) is 4.74 Å². The van der Waals surface area contributed by atoms with Gasteiger partial charge in [0.15, 0.2) is 6.73 Å². The summed E-state index contributed by atoms with van der Waals surface area (Å²) < 4.78 is 19.1. The third-order valence-corrected chi connectivity index (χ3v) is 9.37. The predicted molar refractivity (Wildman–Crippen MR) is 144 cm³/mol. The Morgan fingerprint density at radius 2 is 2.00 bits per heavy atom. The molecule has 2 aliphatic heterocycles. The molecule has 2 aromatic rings. The highest BCUT2D eigenvalue weighted by atomic mass is 19.1. The number of nitrogens with zero attached hydrogens (tertiary/aromatic N) is 2. The van der Waals surface area contributed by atoms with E-state index in [9.17, 15) is 19.1 Å². The van der Waals surface area contributed by atoms with Crippen molar-refractivity contribution in [3.05, 3.63) is 64.7 Å². The molecule has 1 N–H and O–H groups in total. The van der Waals surface area contributed by atoms with Crippen molar-refractivity contribution in [2.24, 2.45) is 17.3 Å². The summed E-state index contributed by atoms with van der Waals surface area (Å²) >= 11 is 0. The van der Waals surface area contributed by atoms with Gasteiger partial charge in [-0.3, -0.25) is 4.79 Å². The topological polar surface area (TPSA) is 70.1 Å². The van der Waals surface area contributed by atoms with E-state index in [0.29, 0.717) is 35.5 Å². The summed E-state index contributed by atoms with van der Waals surface area (Å²) in [7, 11) is 0. The quantitative estimate of drug-likeness (QED) is 0.515. The fourth-order valence-electron chi connectivity index (χ4n) is 7.06. The minimum Gasteiger partial charge on any atom is -0.478 e. The van der Waals surface area contributed by atoms with Crippen LogP contribution in [-0.4, -0.2) is 52.6 Å². The van der Waals surface area contributed by atoms with Gasteiger partial charge in [-0.05, 0) is 85.4 Å². The SMILES string of the molecule is CC(C)[C@]1(C(=O)N2COc3ccc(CF)cc3C2)CC[C@@H](N2CC[C@@H](c3cccc(C(=O)O)c3)[C@H](C)C2)C1. The Balaban J connectivity index is 1.27. The number of carbonyl (C=O) groups is 2. The summed E-state index contributed by atoms with van der Waals surface area (Å²) in [5.41, 5.74) is 2.50. The highest BCUT2D eigenvalue weighted by Crippen LogP contribution is 2.49. The minimum absolute atomic E-state index is 0.153. The average Bonchev–Trinajstić information content (AvgIpc) is 3.39. The molecular formula is C31H39FN2O4. The lowest BCUT2D eigenvalue weighted by molar-refractivity contribution is -0.150. The van der Waals surface area contributed by atoms with E-state index in [-0.39, 0.29) is 18.6 Å². The number of fused-ring (bicyclic) bond motifs is 1. The number of rotatable bonds is 6. The van der Waals surface area contributed by atoms with E-state index >= 15 is 0 Å². The van der Waals surface area contributed by atoms with Crippen LogP contribution in [0.2, 0.25) is 0 Å². The number of carboxylic acid groups (broad SMARTS) is 1. The highest BCUT2D eigenvalue weighted by Gasteiger charge is 2.51. The number of ether oxygens (including phenoxy) is 1. The Hall–Kier alpha value is -2.93. The van der Waals surface area contributed by atoms with Crippen molar-refractivity contribution in [1.29, 1.82) is 0 Å². The zero-order chi connectivity index (χ0) is 27.0. The Morgan fingerprint density at radius 3 is 2.71 bits per heavy atom. The molecule has 1 saturated carbocycles.